The van der Waals surface area contributed by atoms with E-state index in [4.69, 9.17) is 14.2 Å². The Labute approximate surface area is 154 Å². The number of morpholine rings is 1. The molecular weight excluding hydrogens is 348 g/mol. The summed E-state index contributed by atoms with van der Waals surface area (Å²) in [5.74, 6) is 0.760. The van der Waals surface area contributed by atoms with Crippen LogP contribution >= 0.6 is 11.5 Å². The zero-order valence-electron chi connectivity index (χ0n) is 13.9. The Morgan fingerprint density at radius 2 is 2.08 bits per heavy atom. The number of hydrogen-bond donors (Lipinski definition) is 0. The summed E-state index contributed by atoms with van der Waals surface area (Å²) in [5.41, 5.74) is 1.17. The zero-order valence-corrected chi connectivity index (χ0v) is 14.7. The minimum absolute atomic E-state index is 0.449. The maximum Gasteiger partial charge on any atom is 0.173 e. The van der Waals surface area contributed by atoms with E-state index in [0.717, 1.165) is 28.0 Å². The van der Waals surface area contributed by atoms with Crippen molar-refractivity contribution in [1.82, 2.24) is 14.5 Å². The number of ether oxygens (including phenoxy) is 1. The van der Waals surface area contributed by atoms with Crippen LogP contribution in [0.3, 0.4) is 0 Å². The van der Waals surface area contributed by atoms with E-state index >= 15 is 0 Å². The lowest BCUT2D eigenvalue weighted by Crippen LogP contribution is -2.56. The topological polar surface area (TPSA) is 64.3 Å². The molecule has 1 fully saturated rings. The number of aromatic nitrogens is 3. The standard InChI is InChI=1S/C19H16N4O2S/c1-2-4-15-14(3-1)5-8-20-18(15)19(16-7-12-26-22-16)13-24-11-9-23(19)17-6-10-25-21-17/h1-8,10,12H,9,11,13H2. The molecule has 0 bridgehead atoms. The fraction of sp³-hybridized carbons (Fsp3) is 0.211. The molecule has 1 aliphatic rings. The maximum atomic E-state index is 5.97. The number of benzene rings is 1. The molecule has 5 rings (SSSR count). The molecule has 0 spiro atoms. The third-order valence-corrected chi connectivity index (χ3v) is 5.42. The first-order valence-corrected chi connectivity index (χ1v) is 9.24. The highest BCUT2D eigenvalue weighted by molar-refractivity contribution is 7.03. The molecule has 1 aliphatic heterocycles. The number of rotatable bonds is 3. The fourth-order valence-electron chi connectivity index (χ4n) is 3.70. The van der Waals surface area contributed by atoms with Crippen molar-refractivity contribution in [3.8, 4) is 0 Å². The van der Waals surface area contributed by atoms with Gasteiger partial charge in [0.05, 0.1) is 24.6 Å². The van der Waals surface area contributed by atoms with E-state index < -0.39 is 5.54 Å². The van der Waals surface area contributed by atoms with Gasteiger partial charge >= 0.3 is 0 Å². The predicted molar refractivity (Wildman–Crippen MR) is 99.3 cm³/mol. The van der Waals surface area contributed by atoms with Gasteiger partial charge in [0, 0.05) is 29.6 Å². The Hall–Kier alpha value is -2.77. The quantitative estimate of drug-likeness (QED) is 0.555. The lowest BCUT2D eigenvalue weighted by atomic mass is 9.85. The number of nitrogens with zero attached hydrogens (tertiary/aromatic N) is 4. The summed E-state index contributed by atoms with van der Waals surface area (Å²) >= 11 is 1.43. The van der Waals surface area contributed by atoms with Crippen LogP contribution in [0.2, 0.25) is 0 Å². The summed E-state index contributed by atoms with van der Waals surface area (Å²) in [6.45, 7) is 1.74. The van der Waals surface area contributed by atoms with Crippen LogP contribution in [-0.2, 0) is 10.3 Å². The monoisotopic (exact) mass is 364 g/mol. The highest BCUT2D eigenvalue weighted by Crippen LogP contribution is 2.42. The second-order valence-corrected chi connectivity index (χ2v) is 6.85. The van der Waals surface area contributed by atoms with Crippen LogP contribution in [0.4, 0.5) is 5.82 Å². The zero-order chi connectivity index (χ0) is 17.4. The van der Waals surface area contributed by atoms with Crippen molar-refractivity contribution in [3.63, 3.8) is 0 Å². The van der Waals surface area contributed by atoms with E-state index in [1.807, 2.05) is 41.9 Å². The van der Waals surface area contributed by atoms with Gasteiger partial charge in [-0.1, -0.05) is 29.4 Å². The van der Waals surface area contributed by atoms with Gasteiger partial charge in [-0.3, -0.25) is 4.98 Å². The molecule has 6 nitrogen and oxygen atoms in total. The largest absolute Gasteiger partial charge is 0.376 e. The van der Waals surface area contributed by atoms with Gasteiger partial charge in [0.2, 0.25) is 0 Å². The van der Waals surface area contributed by atoms with Crippen molar-refractivity contribution in [2.45, 2.75) is 5.54 Å². The first-order chi connectivity index (χ1) is 12.9. The molecule has 1 atom stereocenters. The predicted octanol–water partition coefficient (Wildman–Crippen LogP) is 3.46. The Morgan fingerprint density at radius 3 is 2.92 bits per heavy atom. The van der Waals surface area contributed by atoms with Crippen molar-refractivity contribution in [2.24, 2.45) is 0 Å². The molecule has 3 aromatic heterocycles. The molecule has 26 heavy (non-hydrogen) atoms. The van der Waals surface area contributed by atoms with E-state index in [-0.39, 0.29) is 0 Å². The van der Waals surface area contributed by atoms with Gasteiger partial charge in [-0.05, 0) is 29.1 Å². The smallest absolute Gasteiger partial charge is 0.173 e. The van der Waals surface area contributed by atoms with E-state index in [1.165, 1.54) is 11.5 Å². The Morgan fingerprint density at radius 1 is 1.12 bits per heavy atom. The van der Waals surface area contributed by atoms with Crippen molar-refractivity contribution < 1.29 is 9.26 Å². The molecule has 7 heteroatoms. The minimum atomic E-state index is -0.657. The molecule has 1 saturated heterocycles. The van der Waals surface area contributed by atoms with Gasteiger partial charge in [0.1, 0.15) is 6.26 Å². The van der Waals surface area contributed by atoms with Crippen LogP contribution in [0.15, 0.2) is 64.8 Å². The van der Waals surface area contributed by atoms with Gasteiger partial charge in [-0.2, -0.15) is 4.37 Å². The average molecular weight is 364 g/mol. The lowest BCUT2D eigenvalue weighted by Gasteiger charge is -2.45. The SMILES string of the molecule is c1ccc2c(C3(c4ccsn4)COCCN3c3ccon3)nccc2c1. The fourth-order valence-corrected chi connectivity index (χ4v) is 4.28. The van der Waals surface area contributed by atoms with E-state index in [0.29, 0.717) is 19.8 Å². The Kier molecular flexibility index (Phi) is 3.69. The van der Waals surface area contributed by atoms with Crippen molar-refractivity contribution in [3.05, 3.63) is 71.7 Å². The molecule has 4 aromatic rings. The summed E-state index contributed by atoms with van der Waals surface area (Å²) in [7, 11) is 0. The third-order valence-electron chi connectivity index (χ3n) is 4.86. The van der Waals surface area contributed by atoms with E-state index in [1.54, 1.807) is 6.26 Å². The van der Waals surface area contributed by atoms with Gasteiger partial charge in [0.15, 0.2) is 11.4 Å². The van der Waals surface area contributed by atoms with Crippen LogP contribution in [0.1, 0.15) is 11.4 Å². The summed E-state index contributed by atoms with van der Waals surface area (Å²) in [5, 5.41) is 8.40. The van der Waals surface area contributed by atoms with E-state index in [2.05, 4.69) is 26.6 Å². The number of anilines is 1. The number of pyridine rings is 1. The van der Waals surface area contributed by atoms with Crippen molar-refractivity contribution in [1.29, 1.82) is 0 Å². The van der Waals surface area contributed by atoms with Crippen LogP contribution in [0.25, 0.3) is 10.8 Å². The van der Waals surface area contributed by atoms with Crippen molar-refractivity contribution in [2.75, 3.05) is 24.7 Å². The van der Waals surface area contributed by atoms with Crippen LogP contribution < -0.4 is 4.90 Å². The summed E-state index contributed by atoms with van der Waals surface area (Å²) in [4.78, 5) is 7.00. The maximum absolute atomic E-state index is 5.97. The van der Waals surface area contributed by atoms with Gasteiger partial charge in [-0.15, -0.1) is 0 Å². The Balaban J connectivity index is 1.83. The second kappa shape index (κ2) is 6.19. The molecule has 0 amide bonds. The minimum Gasteiger partial charge on any atom is -0.376 e. The van der Waals surface area contributed by atoms with Gasteiger partial charge in [-0.25, -0.2) is 0 Å². The molecule has 0 saturated carbocycles. The number of fused-ring (bicyclic) bond motifs is 1. The van der Waals surface area contributed by atoms with Crippen LogP contribution in [0, 0.1) is 0 Å². The molecule has 0 radical (unpaired) electrons. The van der Waals surface area contributed by atoms with E-state index in [9.17, 15) is 0 Å². The molecule has 4 heterocycles. The molecule has 0 N–H and O–H groups in total. The summed E-state index contributed by atoms with van der Waals surface area (Å²) in [6, 6.07) is 14.2. The second-order valence-electron chi connectivity index (χ2n) is 6.19. The third kappa shape index (κ3) is 2.24. The van der Waals surface area contributed by atoms with Crippen molar-refractivity contribution >= 4 is 28.1 Å². The molecule has 1 unspecified atom stereocenters. The highest BCUT2D eigenvalue weighted by atomic mass is 32.1. The molecule has 0 aliphatic carbocycles. The van der Waals surface area contributed by atoms with Crippen LogP contribution in [-0.4, -0.2) is 34.3 Å². The normalized spacial score (nSPS) is 20.5. The molecule has 130 valence electrons. The molecular formula is C19H16N4O2S. The highest BCUT2D eigenvalue weighted by Gasteiger charge is 2.48. The first kappa shape index (κ1) is 15.5. The molecule has 1 aromatic carbocycles. The average Bonchev–Trinajstić information content (AvgIpc) is 3.41. The Bertz CT molecular complexity index is 1010. The summed E-state index contributed by atoms with van der Waals surface area (Å²) in [6.07, 6.45) is 3.44. The van der Waals surface area contributed by atoms with Crippen LogP contribution in [0.5, 0.6) is 0 Å². The first-order valence-electron chi connectivity index (χ1n) is 8.40. The van der Waals surface area contributed by atoms with Gasteiger partial charge in [0.25, 0.3) is 0 Å². The van der Waals surface area contributed by atoms with Gasteiger partial charge < -0.3 is 14.2 Å². The lowest BCUT2D eigenvalue weighted by molar-refractivity contribution is 0.0613. The number of hydrogen-bond acceptors (Lipinski definition) is 7. The summed E-state index contributed by atoms with van der Waals surface area (Å²) < 4.78 is 15.8.